The van der Waals surface area contributed by atoms with E-state index in [-0.39, 0.29) is 11.8 Å². The fourth-order valence-electron chi connectivity index (χ4n) is 5.56. The largest absolute Gasteiger partial charge is 0.310 e. The molecule has 5 rings (SSSR count). The summed E-state index contributed by atoms with van der Waals surface area (Å²) in [5.74, 6) is 0.513. The zero-order valence-corrected chi connectivity index (χ0v) is 21.4. The van der Waals surface area contributed by atoms with E-state index in [0.29, 0.717) is 12.4 Å². The maximum absolute atomic E-state index is 13.3. The van der Waals surface area contributed by atoms with Crippen molar-refractivity contribution in [2.24, 2.45) is 13.0 Å². The maximum atomic E-state index is 13.3. The van der Waals surface area contributed by atoms with E-state index >= 15 is 0 Å². The zero-order chi connectivity index (χ0) is 25.1. The van der Waals surface area contributed by atoms with Crippen LogP contribution in [-0.4, -0.2) is 69.4 Å². The van der Waals surface area contributed by atoms with Crippen molar-refractivity contribution >= 4 is 22.5 Å². The summed E-state index contributed by atoms with van der Waals surface area (Å²) >= 11 is 0. The summed E-state index contributed by atoms with van der Waals surface area (Å²) in [6, 6.07) is 8.34. The van der Waals surface area contributed by atoms with Crippen molar-refractivity contribution in [2.75, 3.05) is 38.0 Å². The number of alkyl halides is 1. The molecule has 1 atom stereocenters. The Bertz CT molecular complexity index is 1190. The minimum atomic E-state index is -0.838. The van der Waals surface area contributed by atoms with Gasteiger partial charge >= 0.3 is 0 Å². The monoisotopic (exact) mass is 492 g/mol. The lowest BCUT2D eigenvalue weighted by Gasteiger charge is -2.31. The van der Waals surface area contributed by atoms with Gasteiger partial charge in [-0.15, -0.1) is 0 Å². The standard InChI is InChI=1S/C28H37FN6O/c1-20(29)18-35-12-8-21(9-13-35)28(36)32-27-15-24-14-22(6-7-23(24)16-30-27)25-17-31-33(2)26(25)19-34-10-4-3-5-11-34/h6-7,14-17,20-21H,3-5,8-13,18-19H2,1-2H3,(H,30,32,36). The Morgan fingerprint density at radius 2 is 1.83 bits per heavy atom. The molecule has 3 aromatic rings. The second-order valence-corrected chi connectivity index (χ2v) is 10.4. The molecule has 2 aliphatic rings. The molecule has 1 unspecified atom stereocenters. The maximum Gasteiger partial charge on any atom is 0.228 e. The number of anilines is 1. The summed E-state index contributed by atoms with van der Waals surface area (Å²) in [5.41, 5.74) is 3.51. The number of hydrogen-bond donors (Lipinski definition) is 1. The van der Waals surface area contributed by atoms with Crippen molar-refractivity contribution in [2.45, 2.75) is 51.7 Å². The number of amides is 1. The normalized spacial score (nSPS) is 19.0. The lowest BCUT2D eigenvalue weighted by Crippen LogP contribution is -2.40. The molecule has 0 radical (unpaired) electrons. The van der Waals surface area contributed by atoms with Crippen LogP contribution in [0.25, 0.3) is 21.9 Å². The molecule has 7 nitrogen and oxygen atoms in total. The third-order valence-electron chi connectivity index (χ3n) is 7.64. The lowest BCUT2D eigenvalue weighted by molar-refractivity contribution is -0.121. The predicted octanol–water partition coefficient (Wildman–Crippen LogP) is 4.63. The Labute approximate surface area is 212 Å². The van der Waals surface area contributed by atoms with E-state index in [9.17, 15) is 9.18 Å². The zero-order valence-electron chi connectivity index (χ0n) is 21.4. The summed E-state index contributed by atoms with van der Waals surface area (Å²) in [6.45, 7) is 6.73. The molecule has 4 heterocycles. The van der Waals surface area contributed by atoms with E-state index in [4.69, 9.17) is 0 Å². The highest BCUT2D eigenvalue weighted by Gasteiger charge is 2.26. The van der Waals surface area contributed by atoms with E-state index < -0.39 is 6.17 Å². The third kappa shape index (κ3) is 5.76. The van der Waals surface area contributed by atoms with Gasteiger partial charge in [0.15, 0.2) is 0 Å². The van der Waals surface area contributed by atoms with Gasteiger partial charge in [0.25, 0.3) is 0 Å². The van der Waals surface area contributed by atoms with Crippen LogP contribution in [0.5, 0.6) is 0 Å². The Morgan fingerprint density at radius 3 is 2.58 bits per heavy atom. The van der Waals surface area contributed by atoms with Gasteiger partial charge < -0.3 is 10.2 Å². The van der Waals surface area contributed by atoms with E-state index in [1.54, 1.807) is 6.92 Å². The highest BCUT2D eigenvalue weighted by Crippen LogP contribution is 2.29. The van der Waals surface area contributed by atoms with Gasteiger partial charge in [-0.1, -0.05) is 18.6 Å². The van der Waals surface area contributed by atoms with Crippen molar-refractivity contribution in [3.63, 3.8) is 0 Å². The molecule has 2 saturated heterocycles. The van der Waals surface area contributed by atoms with E-state index in [0.717, 1.165) is 67.5 Å². The number of aryl methyl sites for hydroxylation is 1. The minimum absolute atomic E-state index is 0.00188. The number of fused-ring (bicyclic) bond motifs is 1. The van der Waals surface area contributed by atoms with Crippen molar-refractivity contribution < 1.29 is 9.18 Å². The number of carbonyl (C=O) groups excluding carboxylic acids is 1. The first-order chi connectivity index (χ1) is 17.5. The Morgan fingerprint density at radius 1 is 1.06 bits per heavy atom. The van der Waals surface area contributed by atoms with Gasteiger partial charge in [0.2, 0.25) is 5.91 Å². The smallest absolute Gasteiger partial charge is 0.228 e. The summed E-state index contributed by atoms with van der Waals surface area (Å²) in [6.07, 6.45) is 8.28. The van der Waals surface area contributed by atoms with Gasteiger partial charge in [-0.25, -0.2) is 9.37 Å². The highest BCUT2D eigenvalue weighted by molar-refractivity contribution is 5.95. The predicted molar refractivity (Wildman–Crippen MR) is 141 cm³/mol. The molecule has 0 saturated carbocycles. The molecule has 1 aromatic carbocycles. The molecule has 2 aromatic heterocycles. The number of piperidine rings is 2. The van der Waals surface area contributed by atoms with Crippen LogP contribution in [0.1, 0.15) is 44.7 Å². The molecule has 1 N–H and O–H groups in total. The van der Waals surface area contributed by atoms with Crippen LogP contribution in [0, 0.1) is 5.92 Å². The van der Waals surface area contributed by atoms with Crippen LogP contribution in [0.4, 0.5) is 10.2 Å². The second-order valence-electron chi connectivity index (χ2n) is 10.4. The van der Waals surface area contributed by atoms with E-state index in [2.05, 4.69) is 43.4 Å². The SMILES string of the molecule is CC(F)CN1CCC(C(=O)Nc2cc3cc(-c4cnn(C)c4CN4CCCCC4)ccc3cn2)CC1. The average molecular weight is 493 g/mol. The number of benzene rings is 1. The van der Waals surface area contributed by atoms with Gasteiger partial charge in [0.05, 0.1) is 11.9 Å². The quantitative estimate of drug-likeness (QED) is 0.521. The molecule has 0 bridgehead atoms. The van der Waals surface area contributed by atoms with Crippen molar-refractivity contribution in [1.29, 1.82) is 0 Å². The molecular formula is C28H37FN6O. The second kappa shape index (κ2) is 11.0. The number of pyridine rings is 1. The van der Waals surface area contributed by atoms with Gasteiger partial charge in [-0.05, 0) is 81.9 Å². The molecular weight excluding hydrogens is 455 g/mol. The van der Waals surface area contributed by atoms with Crippen LogP contribution < -0.4 is 5.32 Å². The minimum Gasteiger partial charge on any atom is -0.310 e. The van der Waals surface area contributed by atoms with Crippen molar-refractivity contribution in [1.82, 2.24) is 24.6 Å². The fourth-order valence-corrected chi connectivity index (χ4v) is 5.56. The third-order valence-corrected chi connectivity index (χ3v) is 7.64. The van der Waals surface area contributed by atoms with Crippen LogP contribution in [0.3, 0.4) is 0 Å². The number of nitrogens with zero attached hydrogens (tertiary/aromatic N) is 5. The first kappa shape index (κ1) is 24.8. The number of rotatable bonds is 7. The number of nitrogens with one attached hydrogen (secondary N) is 1. The van der Waals surface area contributed by atoms with Crippen molar-refractivity contribution in [3.05, 3.63) is 42.4 Å². The van der Waals surface area contributed by atoms with E-state index in [1.807, 2.05) is 30.2 Å². The molecule has 2 aliphatic heterocycles. The van der Waals surface area contributed by atoms with Crippen LogP contribution in [-0.2, 0) is 18.4 Å². The summed E-state index contributed by atoms with van der Waals surface area (Å²) in [7, 11) is 2.02. The van der Waals surface area contributed by atoms with Gasteiger partial charge in [0, 0.05) is 43.2 Å². The summed E-state index contributed by atoms with van der Waals surface area (Å²) in [4.78, 5) is 22.0. The van der Waals surface area contributed by atoms with Gasteiger partial charge in [-0.2, -0.15) is 5.10 Å². The number of halogens is 1. The molecule has 36 heavy (non-hydrogen) atoms. The number of likely N-dealkylation sites (tertiary alicyclic amines) is 2. The fraction of sp³-hybridized carbons (Fsp3) is 0.536. The summed E-state index contributed by atoms with van der Waals surface area (Å²) < 4.78 is 15.3. The summed E-state index contributed by atoms with van der Waals surface area (Å²) in [5, 5.41) is 9.66. The molecule has 0 aliphatic carbocycles. The Balaban J connectivity index is 1.30. The Kier molecular flexibility index (Phi) is 7.62. The van der Waals surface area contributed by atoms with Crippen molar-refractivity contribution in [3.8, 4) is 11.1 Å². The number of aromatic nitrogens is 3. The molecule has 192 valence electrons. The van der Waals surface area contributed by atoms with Crippen LogP contribution in [0.15, 0.2) is 36.7 Å². The number of carbonyl (C=O) groups is 1. The van der Waals surface area contributed by atoms with E-state index in [1.165, 1.54) is 25.0 Å². The molecule has 1 amide bonds. The lowest BCUT2D eigenvalue weighted by atomic mass is 9.95. The first-order valence-corrected chi connectivity index (χ1v) is 13.3. The number of hydrogen-bond acceptors (Lipinski definition) is 5. The first-order valence-electron chi connectivity index (χ1n) is 13.3. The Hall–Kier alpha value is -2.84. The average Bonchev–Trinajstić information content (AvgIpc) is 3.24. The van der Waals surface area contributed by atoms with Gasteiger partial charge in [0.1, 0.15) is 12.0 Å². The van der Waals surface area contributed by atoms with Crippen LogP contribution >= 0.6 is 0 Å². The van der Waals surface area contributed by atoms with Gasteiger partial charge in [-0.3, -0.25) is 14.4 Å². The van der Waals surface area contributed by atoms with Crippen LogP contribution in [0.2, 0.25) is 0 Å². The molecule has 0 spiro atoms. The molecule has 2 fully saturated rings. The highest BCUT2D eigenvalue weighted by atomic mass is 19.1. The molecule has 8 heteroatoms. The topological polar surface area (TPSA) is 66.3 Å².